The monoisotopic (exact) mass is 372 g/mol. The molecule has 0 radical (unpaired) electrons. The van der Waals surface area contributed by atoms with Gasteiger partial charge < -0.3 is 14.3 Å². The third-order valence-electron chi connectivity index (χ3n) is 5.77. The van der Waals surface area contributed by atoms with Crippen molar-refractivity contribution >= 4 is 0 Å². The number of benzene rings is 1. The standard InChI is InChI=1S/C22H32N2O3/c1-16-5-7-21(27-16)15-23-10-11-24(20(14-23)9-12-25)13-19-6-8-22(26-4)18(3)17(19)2/h5-8,20,25H,9-15H2,1-4H3/t20-/m1/s1. The number of furan rings is 1. The summed E-state index contributed by atoms with van der Waals surface area (Å²) in [5.41, 5.74) is 3.84. The molecule has 1 fully saturated rings. The van der Waals surface area contributed by atoms with E-state index < -0.39 is 0 Å². The Bertz CT molecular complexity index is 756. The number of methoxy groups -OCH3 is 1. The van der Waals surface area contributed by atoms with Gasteiger partial charge >= 0.3 is 0 Å². The van der Waals surface area contributed by atoms with Crippen LogP contribution in [0, 0.1) is 20.8 Å². The molecule has 0 aliphatic carbocycles. The summed E-state index contributed by atoms with van der Waals surface area (Å²) in [6.07, 6.45) is 0.794. The van der Waals surface area contributed by atoms with Crippen molar-refractivity contribution in [3.8, 4) is 5.75 Å². The minimum atomic E-state index is 0.218. The van der Waals surface area contributed by atoms with E-state index in [9.17, 15) is 5.11 Å². The molecule has 148 valence electrons. The van der Waals surface area contributed by atoms with E-state index >= 15 is 0 Å². The van der Waals surface area contributed by atoms with E-state index in [1.165, 1.54) is 16.7 Å². The molecule has 2 heterocycles. The summed E-state index contributed by atoms with van der Waals surface area (Å²) in [5, 5.41) is 9.57. The largest absolute Gasteiger partial charge is 0.496 e. The van der Waals surface area contributed by atoms with Crippen LogP contribution in [-0.4, -0.2) is 54.3 Å². The fourth-order valence-corrected chi connectivity index (χ4v) is 3.99. The number of aliphatic hydroxyl groups is 1. The Hall–Kier alpha value is -1.82. The molecule has 1 saturated heterocycles. The minimum absolute atomic E-state index is 0.218. The molecule has 3 rings (SSSR count). The van der Waals surface area contributed by atoms with Crippen LogP contribution in [0.15, 0.2) is 28.7 Å². The summed E-state index contributed by atoms with van der Waals surface area (Å²) in [5.74, 6) is 2.92. The summed E-state index contributed by atoms with van der Waals surface area (Å²) >= 11 is 0. The number of ether oxygens (including phenoxy) is 1. The maximum absolute atomic E-state index is 9.57. The van der Waals surface area contributed by atoms with Crippen LogP contribution in [0.25, 0.3) is 0 Å². The number of piperazine rings is 1. The molecule has 0 bridgehead atoms. The smallest absolute Gasteiger partial charge is 0.122 e. The molecule has 0 amide bonds. The predicted octanol–water partition coefficient (Wildman–Crippen LogP) is 3.28. The van der Waals surface area contributed by atoms with E-state index in [4.69, 9.17) is 9.15 Å². The van der Waals surface area contributed by atoms with Crippen LogP contribution in [0.4, 0.5) is 0 Å². The first kappa shape index (κ1) is 19.9. The van der Waals surface area contributed by atoms with Crippen molar-refractivity contribution in [1.29, 1.82) is 0 Å². The molecule has 1 aliphatic rings. The first-order chi connectivity index (χ1) is 13.0. The fraction of sp³-hybridized carbons (Fsp3) is 0.545. The summed E-state index contributed by atoms with van der Waals surface area (Å²) in [6.45, 7) is 11.2. The number of hydrogen-bond donors (Lipinski definition) is 1. The SMILES string of the molecule is COc1ccc(CN2CCN(Cc3ccc(C)o3)C[C@H]2CCO)c(C)c1C. The van der Waals surface area contributed by atoms with E-state index in [0.717, 1.165) is 56.4 Å². The van der Waals surface area contributed by atoms with Crippen molar-refractivity contribution in [2.45, 2.75) is 46.3 Å². The van der Waals surface area contributed by atoms with Crippen LogP contribution in [0.1, 0.15) is 34.6 Å². The molecule has 1 aromatic carbocycles. The van der Waals surface area contributed by atoms with Crippen LogP contribution >= 0.6 is 0 Å². The van der Waals surface area contributed by atoms with E-state index in [-0.39, 0.29) is 6.61 Å². The molecule has 27 heavy (non-hydrogen) atoms. The Labute approximate surface area is 162 Å². The highest BCUT2D eigenvalue weighted by Crippen LogP contribution is 2.26. The van der Waals surface area contributed by atoms with E-state index in [2.05, 4.69) is 41.8 Å². The maximum Gasteiger partial charge on any atom is 0.122 e. The van der Waals surface area contributed by atoms with Crippen LogP contribution in [0.3, 0.4) is 0 Å². The molecular weight excluding hydrogens is 340 g/mol. The van der Waals surface area contributed by atoms with Gasteiger partial charge in [0.25, 0.3) is 0 Å². The lowest BCUT2D eigenvalue weighted by Crippen LogP contribution is -2.52. The highest BCUT2D eigenvalue weighted by molar-refractivity contribution is 5.43. The van der Waals surface area contributed by atoms with Crippen molar-refractivity contribution in [3.63, 3.8) is 0 Å². The summed E-state index contributed by atoms with van der Waals surface area (Å²) < 4.78 is 11.2. The van der Waals surface area contributed by atoms with Gasteiger partial charge in [-0.15, -0.1) is 0 Å². The maximum atomic E-state index is 9.57. The lowest BCUT2D eigenvalue weighted by atomic mass is 10.00. The highest BCUT2D eigenvalue weighted by atomic mass is 16.5. The Kier molecular flexibility index (Phi) is 6.58. The lowest BCUT2D eigenvalue weighted by molar-refractivity contribution is 0.0466. The molecule has 1 aromatic heterocycles. The number of aliphatic hydroxyl groups excluding tert-OH is 1. The lowest BCUT2D eigenvalue weighted by Gasteiger charge is -2.41. The fourth-order valence-electron chi connectivity index (χ4n) is 3.99. The Balaban J connectivity index is 1.68. The summed E-state index contributed by atoms with van der Waals surface area (Å²) in [4.78, 5) is 4.94. The second kappa shape index (κ2) is 8.91. The number of hydrogen-bond acceptors (Lipinski definition) is 5. The van der Waals surface area contributed by atoms with Crippen LogP contribution < -0.4 is 4.74 Å². The van der Waals surface area contributed by atoms with Crippen LogP contribution in [0.2, 0.25) is 0 Å². The third kappa shape index (κ3) is 4.72. The van der Waals surface area contributed by atoms with Gasteiger partial charge in [0, 0.05) is 38.8 Å². The topological polar surface area (TPSA) is 49.1 Å². The van der Waals surface area contributed by atoms with Crippen molar-refractivity contribution in [1.82, 2.24) is 9.80 Å². The third-order valence-corrected chi connectivity index (χ3v) is 5.77. The average molecular weight is 373 g/mol. The number of rotatable bonds is 7. The van der Waals surface area contributed by atoms with E-state index in [1.54, 1.807) is 7.11 Å². The summed E-state index contributed by atoms with van der Waals surface area (Å²) in [7, 11) is 1.72. The molecule has 5 heteroatoms. The molecule has 0 saturated carbocycles. The van der Waals surface area contributed by atoms with Gasteiger partial charge in [0.05, 0.1) is 13.7 Å². The Morgan fingerprint density at radius 2 is 1.89 bits per heavy atom. The second-order valence-corrected chi connectivity index (χ2v) is 7.56. The van der Waals surface area contributed by atoms with Gasteiger partial charge in [-0.05, 0) is 62.1 Å². The highest BCUT2D eigenvalue weighted by Gasteiger charge is 2.27. The van der Waals surface area contributed by atoms with Gasteiger partial charge in [-0.25, -0.2) is 0 Å². The number of nitrogens with zero attached hydrogens (tertiary/aromatic N) is 2. The van der Waals surface area contributed by atoms with Crippen molar-refractivity contribution in [3.05, 3.63) is 52.5 Å². The number of aryl methyl sites for hydroxylation is 1. The van der Waals surface area contributed by atoms with Gasteiger partial charge in [-0.3, -0.25) is 9.80 Å². The Morgan fingerprint density at radius 1 is 1.07 bits per heavy atom. The average Bonchev–Trinajstić information content (AvgIpc) is 3.06. The molecule has 1 aliphatic heterocycles. The minimum Gasteiger partial charge on any atom is -0.496 e. The zero-order valence-electron chi connectivity index (χ0n) is 17.0. The van der Waals surface area contributed by atoms with Crippen LogP contribution in [-0.2, 0) is 13.1 Å². The predicted molar refractivity (Wildman–Crippen MR) is 107 cm³/mol. The van der Waals surface area contributed by atoms with Crippen molar-refractivity contribution in [2.75, 3.05) is 33.4 Å². The van der Waals surface area contributed by atoms with Gasteiger partial charge in [-0.1, -0.05) is 6.07 Å². The molecule has 2 aromatic rings. The van der Waals surface area contributed by atoms with Gasteiger partial charge in [-0.2, -0.15) is 0 Å². The van der Waals surface area contributed by atoms with Crippen LogP contribution in [0.5, 0.6) is 5.75 Å². The molecule has 1 atom stereocenters. The van der Waals surface area contributed by atoms with E-state index in [1.807, 2.05) is 13.0 Å². The second-order valence-electron chi connectivity index (χ2n) is 7.56. The molecule has 0 unspecified atom stereocenters. The van der Waals surface area contributed by atoms with Gasteiger partial charge in [0.15, 0.2) is 0 Å². The molecule has 0 spiro atoms. The van der Waals surface area contributed by atoms with Crippen molar-refractivity contribution in [2.24, 2.45) is 0 Å². The molecule has 5 nitrogen and oxygen atoms in total. The normalized spacial score (nSPS) is 18.8. The quantitative estimate of drug-likeness (QED) is 0.808. The van der Waals surface area contributed by atoms with Gasteiger partial charge in [0.2, 0.25) is 0 Å². The Morgan fingerprint density at radius 3 is 2.56 bits per heavy atom. The zero-order chi connectivity index (χ0) is 19.4. The molecular formula is C22H32N2O3. The zero-order valence-corrected chi connectivity index (χ0v) is 17.0. The van der Waals surface area contributed by atoms with Crippen molar-refractivity contribution < 1.29 is 14.3 Å². The molecule has 1 N–H and O–H groups in total. The summed E-state index contributed by atoms with van der Waals surface area (Å²) in [6, 6.07) is 8.67. The first-order valence-corrected chi connectivity index (χ1v) is 9.77. The van der Waals surface area contributed by atoms with Gasteiger partial charge in [0.1, 0.15) is 17.3 Å². The van der Waals surface area contributed by atoms with E-state index in [0.29, 0.717) is 6.04 Å². The first-order valence-electron chi connectivity index (χ1n) is 9.77.